The molecule has 100 valence electrons. The number of nitrogens with zero attached hydrogens (tertiary/aromatic N) is 1. The summed E-state index contributed by atoms with van der Waals surface area (Å²) in [6.45, 7) is 2.68. The minimum absolute atomic E-state index is 0.149. The Morgan fingerprint density at radius 1 is 1.32 bits per heavy atom. The first-order valence-corrected chi connectivity index (χ1v) is 7.04. The van der Waals surface area contributed by atoms with Crippen LogP contribution in [0.3, 0.4) is 0 Å². The molecule has 2 N–H and O–H groups in total. The Balaban J connectivity index is 1.96. The van der Waals surface area contributed by atoms with Gasteiger partial charge in [0.15, 0.2) is 0 Å². The van der Waals surface area contributed by atoms with Gasteiger partial charge in [0.2, 0.25) is 0 Å². The summed E-state index contributed by atoms with van der Waals surface area (Å²) in [4.78, 5) is 18.5. The van der Waals surface area contributed by atoms with Crippen LogP contribution in [0.4, 0.5) is 5.69 Å². The van der Waals surface area contributed by atoms with Crippen LogP contribution in [0.5, 0.6) is 0 Å². The lowest BCUT2D eigenvalue weighted by Gasteiger charge is -2.05. The molecule has 4 nitrogen and oxygen atoms in total. The average Bonchev–Trinajstić information content (AvgIpc) is 2.93. The van der Waals surface area contributed by atoms with E-state index in [4.69, 9.17) is 0 Å². The Morgan fingerprint density at radius 3 is 2.79 bits per heavy atom. The number of nitrogens with one attached hydrogen (secondary N) is 2. The molecule has 0 spiro atoms. The van der Waals surface area contributed by atoms with Crippen LogP contribution >= 0.6 is 11.3 Å². The van der Waals surface area contributed by atoms with Crippen LogP contribution in [0.25, 0.3) is 0 Å². The van der Waals surface area contributed by atoms with Crippen molar-refractivity contribution in [1.29, 1.82) is 0 Å². The fraction of sp³-hybridized carbons (Fsp3) is 0.286. The highest BCUT2D eigenvalue weighted by molar-refractivity contribution is 7.11. The van der Waals surface area contributed by atoms with Crippen molar-refractivity contribution in [2.24, 2.45) is 0 Å². The molecule has 1 amide bonds. The molecule has 0 bridgehead atoms. The van der Waals surface area contributed by atoms with Crippen molar-refractivity contribution in [3.63, 3.8) is 0 Å². The predicted molar refractivity (Wildman–Crippen MR) is 78.7 cm³/mol. The van der Waals surface area contributed by atoms with Crippen molar-refractivity contribution >= 4 is 22.9 Å². The average molecular weight is 275 g/mol. The molecule has 5 heteroatoms. The minimum atomic E-state index is -0.149. The van der Waals surface area contributed by atoms with Crippen LogP contribution < -0.4 is 10.6 Å². The summed E-state index contributed by atoms with van der Waals surface area (Å²) in [6.07, 6.45) is 2.66. The number of hydrogen-bond acceptors (Lipinski definition) is 4. The molecule has 0 unspecified atom stereocenters. The predicted octanol–water partition coefficient (Wildman–Crippen LogP) is 2.68. The van der Waals surface area contributed by atoms with Crippen molar-refractivity contribution in [2.75, 3.05) is 12.4 Å². The van der Waals surface area contributed by atoms with Crippen molar-refractivity contribution in [1.82, 2.24) is 10.3 Å². The van der Waals surface area contributed by atoms with Crippen molar-refractivity contribution in [2.45, 2.75) is 19.9 Å². The number of pyridine rings is 1. The Hall–Kier alpha value is -1.88. The zero-order valence-electron chi connectivity index (χ0n) is 11.1. The maximum atomic E-state index is 12.0. The van der Waals surface area contributed by atoms with Gasteiger partial charge in [-0.2, -0.15) is 0 Å². The monoisotopic (exact) mass is 275 g/mol. The zero-order chi connectivity index (χ0) is 13.7. The standard InChI is InChI=1S/C14H17N3OS/c1-3-11-4-5-12(19-11)9-17-14(18)13-8-10(15-2)6-7-16-13/h4-8H,3,9H2,1-2H3,(H,15,16)(H,17,18). The molecular weight excluding hydrogens is 258 g/mol. The van der Waals surface area contributed by atoms with Crippen LogP contribution in [0, 0.1) is 0 Å². The topological polar surface area (TPSA) is 54.0 Å². The molecule has 0 atom stereocenters. The number of aromatic nitrogens is 1. The second kappa shape index (κ2) is 6.33. The lowest BCUT2D eigenvalue weighted by Crippen LogP contribution is -2.23. The first kappa shape index (κ1) is 13.5. The molecular formula is C14H17N3OS. The van der Waals surface area contributed by atoms with Gasteiger partial charge < -0.3 is 10.6 Å². The highest BCUT2D eigenvalue weighted by Gasteiger charge is 2.08. The van der Waals surface area contributed by atoms with Gasteiger partial charge in [0.25, 0.3) is 5.91 Å². The Morgan fingerprint density at radius 2 is 2.11 bits per heavy atom. The molecule has 0 aromatic carbocycles. The summed E-state index contributed by atoms with van der Waals surface area (Å²) < 4.78 is 0. The van der Waals surface area contributed by atoms with Gasteiger partial charge in [0, 0.05) is 28.7 Å². The molecule has 2 aromatic heterocycles. The Labute approximate surface area is 116 Å². The molecule has 2 rings (SSSR count). The Kier molecular flexibility index (Phi) is 4.52. The van der Waals surface area contributed by atoms with E-state index in [0.717, 1.165) is 17.0 Å². The van der Waals surface area contributed by atoms with Crippen LogP contribution in [0.1, 0.15) is 27.2 Å². The quantitative estimate of drug-likeness (QED) is 0.882. The first-order chi connectivity index (χ1) is 9.22. The molecule has 0 saturated heterocycles. The summed E-state index contributed by atoms with van der Waals surface area (Å²) in [5, 5.41) is 5.87. The summed E-state index contributed by atoms with van der Waals surface area (Å²) in [6, 6.07) is 7.72. The molecule has 2 heterocycles. The lowest BCUT2D eigenvalue weighted by molar-refractivity contribution is 0.0946. The van der Waals surface area contributed by atoms with Crippen molar-refractivity contribution < 1.29 is 4.79 Å². The second-order valence-electron chi connectivity index (χ2n) is 4.08. The highest BCUT2D eigenvalue weighted by Crippen LogP contribution is 2.16. The van der Waals surface area contributed by atoms with E-state index in [1.54, 1.807) is 23.6 Å². The maximum absolute atomic E-state index is 12.0. The molecule has 2 aromatic rings. The van der Waals surface area contributed by atoms with Crippen LogP contribution in [0.2, 0.25) is 0 Å². The van der Waals surface area contributed by atoms with E-state index in [1.807, 2.05) is 13.1 Å². The molecule has 0 saturated carbocycles. The van der Waals surface area contributed by atoms with Gasteiger partial charge in [-0.05, 0) is 30.7 Å². The van der Waals surface area contributed by atoms with E-state index in [2.05, 4.69) is 34.7 Å². The number of carbonyl (C=O) groups is 1. The third-order valence-electron chi connectivity index (χ3n) is 2.77. The van der Waals surface area contributed by atoms with Gasteiger partial charge in [-0.1, -0.05) is 6.92 Å². The summed E-state index contributed by atoms with van der Waals surface area (Å²) in [5.74, 6) is -0.149. The van der Waals surface area contributed by atoms with Gasteiger partial charge in [0.05, 0.1) is 6.54 Å². The van der Waals surface area contributed by atoms with E-state index in [0.29, 0.717) is 12.2 Å². The normalized spacial score (nSPS) is 10.2. The van der Waals surface area contributed by atoms with Crippen LogP contribution in [-0.4, -0.2) is 17.9 Å². The molecule has 0 aliphatic heterocycles. The molecule has 0 radical (unpaired) electrons. The second-order valence-corrected chi connectivity index (χ2v) is 5.34. The first-order valence-electron chi connectivity index (χ1n) is 6.22. The fourth-order valence-corrected chi connectivity index (χ4v) is 2.57. The summed E-state index contributed by atoms with van der Waals surface area (Å²) in [7, 11) is 1.81. The molecule has 0 fully saturated rings. The molecule has 0 aliphatic carbocycles. The maximum Gasteiger partial charge on any atom is 0.270 e. The SMILES string of the molecule is CCc1ccc(CNC(=O)c2cc(NC)ccn2)s1. The smallest absolute Gasteiger partial charge is 0.270 e. The van der Waals surface area contributed by atoms with Crippen LogP contribution in [-0.2, 0) is 13.0 Å². The highest BCUT2D eigenvalue weighted by atomic mass is 32.1. The Bertz CT molecular complexity index is 565. The number of hydrogen-bond donors (Lipinski definition) is 2. The van der Waals surface area contributed by atoms with Crippen molar-refractivity contribution in [3.05, 3.63) is 45.9 Å². The molecule has 19 heavy (non-hydrogen) atoms. The van der Waals surface area contributed by atoms with E-state index in [9.17, 15) is 4.79 Å². The number of amides is 1. The summed E-state index contributed by atoms with van der Waals surface area (Å²) in [5.41, 5.74) is 1.31. The number of carbonyl (C=O) groups excluding carboxylic acids is 1. The van der Waals surface area contributed by atoms with Gasteiger partial charge in [-0.15, -0.1) is 11.3 Å². The van der Waals surface area contributed by atoms with Gasteiger partial charge in [0.1, 0.15) is 5.69 Å². The fourth-order valence-electron chi connectivity index (χ4n) is 1.68. The van der Waals surface area contributed by atoms with Gasteiger partial charge in [-0.25, -0.2) is 0 Å². The number of thiophene rings is 1. The summed E-state index contributed by atoms with van der Waals surface area (Å²) >= 11 is 1.73. The third-order valence-corrected chi connectivity index (χ3v) is 4.00. The van der Waals surface area contributed by atoms with Crippen LogP contribution in [0.15, 0.2) is 30.5 Å². The number of anilines is 1. The number of aryl methyl sites for hydroxylation is 1. The third kappa shape index (κ3) is 3.54. The largest absolute Gasteiger partial charge is 0.388 e. The van der Waals surface area contributed by atoms with E-state index < -0.39 is 0 Å². The van der Waals surface area contributed by atoms with Crippen molar-refractivity contribution in [3.8, 4) is 0 Å². The van der Waals surface area contributed by atoms with Gasteiger partial charge in [-0.3, -0.25) is 9.78 Å². The van der Waals surface area contributed by atoms with E-state index >= 15 is 0 Å². The minimum Gasteiger partial charge on any atom is -0.388 e. The number of rotatable bonds is 5. The van der Waals surface area contributed by atoms with E-state index in [-0.39, 0.29) is 5.91 Å². The zero-order valence-corrected chi connectivity index (χ0v) is 11.9. The van der Waals surface area contributed by atoms with Gasteiger partial charge >= 0.3 is 0 Å². The molecule has 0 aliphatic rings. The van der Waals surface area contributed by atoms with E-state index in [1.165, 1.54) is 4.88 Å². The lowest BCUT2D eigenvalue weighted by atomic mass is 10.3.